The SMILES string of the molecule is CN=C(NCCc1c[nH]c2cc(F)ccc12)NCCC1CC1. The summed E-state index contributed by atoms with van der Waals surface area (Å²) >= 11 is 0. The minimum atomic E-state index is -0.209. The Kier molecular flexibility index (Phi) is 4.61. The van der Waals surface area contributed by atoms with Crippen molar-refractivity contribution >= 4 is 16.9 Å². The van der Waals surface area contributed by atoms with Gasteiger partial charge in [-0.1, -0.05) is 12.8 Å². The highest BCUT2D eigenvalue weighted by molar-refractivity contribution is 5.83. The molecule has 0 unspecified atom stereocenters. The highest BCUT2D eigenvalue weighted by Gasteiger charge is 2.20. The molecule has 5 heteroatoms. The Hall–Kier alpha value is -2.04. The Labute approximate surface area is 130 Å². The maximum Gasteiger partial charge on any atom is 0.190 e. The smallest absolute Gasteiger partial charge is 0.190 e. The molecular weight excluding hydrogens is 279 g/mol. The lowest BCUT2D eigenvalue weighted by molar-refractivity contribution is 0.629. The van der Waals surface area contributed by atoms with Crippen LogP contribution in [-0.2, 0) is 6.42 Å². The van der Waals surface area contributed by atoms with Gasteiger partial charge in [0.1, 0.15) is 5.82 Å². The summed E-state index contributed by atoms with van der Waals surface area (Å²) in [6.07, 6.45) is 6.82. The van der Waals surface area contributed by atoms with Crippen LogP contribution in [0.25, 0.3) is 10.9 Å². The van der Waals surface area contributed by atoms with E-state index < -0.39 is 0 Å². The molecule has 4 nitrogen and oxygen atoms in total. The number of hydrogen-bond donors (Lipinski definition) is 3. The van der Waals surface area contributed by atoms with E-state index in [1.165, 1.54) is 37.0 Å². The molecule has 0 atom stereocenters. The van der Waals surface area contributed by atoms with Gasteiger partial charge in [-0.15, -0.1) is 0 Å². The van der Waals surface area contributed by atoms with Crippen LogP contribution in [0.15, 0.2) is 29.4 Å². The molecule has 1 aliphatic rings. The summed E-state index contributed by atoms with van der Waals surface area (Å²) in [5.74, 6) is 1.57. The monoisotopic (exact) mass is 302 g/mol. The molecular formula is C17H23FN4. The summed E-state index contributed by atoms with van der Waals surface area (Å²) in [7, 11) is 1.79. The number of halogens is 1. The van der Waals surface area contributed by atoms with E-state index >= 15 is 0 Å². The molecule has 3 N–H and O–H groups in total. The van der Waals surface area contributed by atoms with Gasteiger partial charge in [0.25, 0.3) is 0 Å². The summed E-state index contributed by atoms with van der Waals surface area (Å²) in [6, 6.07) is 4.87. The quantitative estimate of drug-likeness (QED) is 0.568. The molecule has 22 heavy (non-hydrogen) atoms. The fraction of sp³-hybridized carbons (Fsp3) is 0.471. The highest BCUT2D eigenvalue weighted by atomic mass is 19.1. The van der Waals surface area contributed by atoms with Crippen molar-refractivity contribution in [1.82, 2.24) is 15.6 Å². The Morgan fingerprint density at radius 2 is 2.14 bits per heavy atom. The van der Waals surface area contributed by atoms with Gasteiger partial charge in [-0.3, -0.25) is 4.99 Å². The summed E-state index contributed by atoms with van der Waals surface area (Å²) < 4.78 is 13.2. The van der Waals surface area contributed by atoms with Crippen molar-refractivity contribution in [2.75, 3.05) is 20.1 Å². The first-order valence-corrected chi connectivity index (χ1v) is 7.96. The maximum absolute atomic E-state index is 13.2. The van der Waals surface area contributed by atoms with Crippen LogP contribution in [0, 0.1) is 11.7 Å². The van der Waals surface area contributed by atoms with Crippen molar-refractivity contribution in [3.63, 3.8) is 0 Å². The number of H-pyrrole nitrogens is 1. The van der Waals surface area contributed by atoms with Gasteiger partial charge in [-0.25, -0.2) is 4.39 Å². The van der Waals surface area contributed by atoms with E-state index in [0.29, 0.717) is 0 Å². The number of aromatic amines is 1. The lowest BCUT2D eigenvalue weighted by Crippen LogP contribution is -2.38. The number of benzene rings is 1. The van der Waals surface area contributed by atoms with E-state index in [-0.39, 0.29) is 5.82 Å². The number of aliphatic imine (C=N–C) groups is 1. The number of nitrogens with one attached hydrogen (secondary N) is 3. The third kappa shape index (κ3) is 3.78. The minimum absolute atomic E-state index is 0.209. The molecule has 1 aromatic heterocycles. The standard InChI is InChI=1S/C17H23FN4/c1-19-17(20-8-6-12-2-3-12)21-9-7-13-11-22-16-10-14(18)4-5-15(13)16/h4-5,10-12,22H,2-3,6-9H2,1H3,(H2,19,20,21). The van der Waals surface area contributed by atoms with E-state index in [2.05, 4.69) is 20.6 Å². The predicted octanol–water partition coefficient (Wildman–Crippen LogP) is 2.81. The van der Waals surface area contributed by atoms with E-state index in [9.17, 15) is 4.39 Å². The van der Waals surface area contributed by atoms with Gasteiger partial charge in [0.05, 0.1) is 0 Å². The molecule has 0 radical (unpaired) electrons. The second kappa shape index (κ2) is 6.81. The molecule has 0 bridgehead atoms. The lowest BCUT2D eigenvalue weighted by atomic mass is 10.1. The van der Waals surface area contributed by atoms with E-state index in [4.69, 9.17) is 0 Å². The van der Waals surface area contributed by atoms with Crippen molar-refractivity contribution < 1.29 is 4.39 Å². The van der Waals surface area contributed by atoms with Gasteiger partial charge in [0.15, 0.2) is 5.96 Å². The fourth-order valence-corrected chi connectivity index (χ4v) is 2.70. The lowest BCUT2D eigenvalue weighted by Gasteiger charge is -2.11. The Morgan fingerprint density at radius 3 is 2.91 bits per heavy atom. The largest absolute Gasteiger partial charge is 0.361 e. The van der Waals surface area contributed by atoms with Crippen LogP contribution in [0.2, 0.25) is 0 Å². The van der Waals surface area contributed by atoms with Gasteiger partial charge >= 0.3 is 0 Å². The molecule has 1 aromatic carbocycles. The zero-order chi connectivity index (χ0) is 15.4. The summed E-state index contributed by atoms with van der Waals surface area (Å²) in [6.45, 7) is 1.78. The topological polar surface area (TPSA) is 52.2 Å². The van der Waals surface area contributed by atoms with Crippen LogP contribution in [-0.4, -0.2) is 31.1 Å². The average Bonchev–Trinajstić information content (AvgIpc) is 3.26. The van der Waals surface area contributed by atoms with Gasteiger partial charge in [-0.2, -0.15) is 0 Å². The number of nitrogens with zero attached hydrogens (tertiary/aromatic N) is 1. The molecule has 1 heterocycles. The molecule has 3 rings (SSSR count). The van der Waals surface area contributed by atoms with Crippen LogP contribution in [0.3, 0.4) is 0 Å². The molecule has 2 aromatic rings. The van der Waals surface area contributed by atoms with E-state index in [1.54, 1.807) is 7.05 Å². The normalized spacial score (nSPS) is 15.3. The predicted molar refractivity (Wildman–Crippen MR) is 88.7 cm³/mol. The molecule has 1 saturated carbocycles. The van der Waals surface area contributed by atoms with Gasteiger partial charge in [0.2, 0.25) is 0 Å². The Morgan fingerprint density at radius 1 is 1.32 bits per heavy atom. The number of aromatic nitrogens is 1. The average molecular weight is 302 g/mol. The zero-order valence-electron chi connectivity index (χ0n) is 13.0. The van der Waals surface area contributed by atoms with E-state index in [1.807, 2.05) is 12.3 Å². The van der Waals surface area contributed by atoms with Crippen molar-refractivity contribution in [3.05, 3.63) is 35.8 Å². The van der Waals surface area contributed by atoms with Crippen molar-refractivity contribution in [1.29, 1.82) is 0 Å². The van der Waals surface area contributed by atoms with Crippen LogP contribution < -0.4 is 10.6 Å². The second-order valence-electron chi connectivity index (χ2n) is 5.91. The van der Waals surface area contributed by atoms with Crippen molar-refractivity contribution in [2.45, 2.75) is 25.7 Å². The zero-order valence-corrected chi connectivity index (χ0v) is 13.0. The summed E-state index contributed by atoms with van der Waals surface area (Å²) in [5.41, 5.74) is 2.04. The fourth-order valence-electron chi connectivity index (χ4n) is 2.70. The number of rotatable bonds is 6. The third-order valence-electron chi connectivity index (χ3n) is 4.18. The summed E-state index contributed by atoms with van der Waals surface area (Å²) in [5, 5.41) is 7.76. The molecule has 1 aliphatic carbocycles. The molecule has 1 fully saturated rings. The summed E-state index contributed by atoms with van der Waals surface area (Å²) in [4.78, 5) is 7.36. The molecule has 0 amide bonds. The van der Waals surface area contributed by atoms with Gasteiger partial charge in [-0.05, 0) is 42.5 Å². The highest BCUT2D eigenvalue weighted by Crippen LogP contribution is 2.31. The first-order chi connectivity index (χ1) is 10.8. The first-order valence-electron chi connectivity index (χ1n) is 7.96. The minimum Gasteiger partial charge on any atom is -0.361 e. The third-order valence-corrected chi connectivity index (χ3v) is 4.18. The van der Waals surface area contributed by atoms with Crippen LogP contribution in [0.4, 0.5) is 4.39 Å². The number of hydrogen-bond acceptors (Lipinski definition) is 1. The maximum atomic E-state index is 13.2. The van der Waals surface area contributed by atoms with Gasteiger partial charge < -0.3 is 15.6 Å². The van der Waals surface area contributed by atoms with Crippen LogP contribution in [0.1, 0.15) is 24.8 Å². The number of guanidine groups is 1. The molecule has 0 saturated heterocycles. The van der Waals surface area contributed by atoms with E-state index in [0.717, 1.165) is 42.3 Å². The Bertz CT molecular complexity index is 658. The molecule has 0 spiro atoms. The van der Waals surface area contributed by atoms with Crippen molar-refractivity contribution in [3.8, 4) is 0 Å². The second-order valence-corrected chi connectivity index (χ2v) is 5.91. The molecule has 118 valence electrons. The van der Waals surface area contributed by atoms with Crippen molar-refractivity contribution in [2.24, 2.45) is 10.9 Å². The number of fused-ring (bicyclic) bond motifs is 1. The van der Waals surface area contributed by atoms with Crippen LogP contribution in [0.5, 0.6) is 0 Å². The van der Waals surface area contributed by atoms with Gasteiger partial charge in [0, 0.05) is 37.2 Å². The molecule has 0 aliphatic heterocycles. The first kappa shape index (κ1) is 14.9. The Balaban J connectivity index is 1.48. The van der Waals surface area contributed by atoms with Crippen LogP contribution >= 0.6 is 0 Å².